The molecule has 0 radical (unpaired) electrons. The van der Waals surface area contributed by atoms with Crippen molar-refractivity contribution >= 4 is 17.7 Å². The van der Waals surface area contributed by atoms with Gasteiger partial charge in [0.15, 0.2) is 0 Å². The molecule has 6 nitrogen and oxygen atoms in total. The fraction of sp³-hybridized carbons (Fsp3) is 0.765. The molecule has 1 aromatic heterocycles. The van der Waals surface area contributed by atoms with Crippen molar-refractivity contribution in [3.63, 3.8) is 0 Å². The summed E-state index contributed by atoms with van der Waals surface area (Å²) in [6, 6.07) is 0. The van der Waals surface area contributed by atoms with E-state index in [0.717, 1.165) is 57.9 Å². The first-order valence-electron chi connectivity index (χ1n) is 8.75. The molecule has 0 aliphatic carbocycles. The molecule has 0 saturated carbocycles. The van der Waals surface area contributed by atoms with E-state index in [1.54, 1.807) is 17.1 Å². The molecule has 3 aliphatic rings. The summed E-state index contributed by atoms with van der Waals surface area (Å²) in [5.41, 5.74) is 0.683. The molecule has 1 spiro atoms. The Morgan fingerprint density at radius 1 is 1.46 bits per heavy atom. The van der Waals surface area contributed by atoms with Gasteiger partial charge in [-0.25, -0.2) is 0 Å². The van der Waals surface area contributed by atoms with Crippen LogP contribution in [0.5, 0.6) is 0 Å². The first kappa shape index (κ1) is 16.4. The topological polar surface area (TPSA) is 56.6 Å². The maximum absolute atomic E-state index is 12.4. The van der Waals surface area contributed by atoms with E-state index in [1.165, 1.54) is 0 Å². The Bertz CT molecular complexity index is 594. The average Bonchev–Trinajstić information content (AvgIpc) is 3.18. The van der Waals surface area contributed by atoms with Gasteiger partial charge in [0.1, 0.15) is 0 Å². The van der Waals surface area contributed by atoms with Gasteiger partial charge in [0.2, 0.25) is 0 Å². The quantitative estimate of drug-likeness (QED) is 0.824. The number of aromatic nitrogens is 2. The van der Waals surface area contributed by atoms with Crippen LogP contribution in [0.25, 0.3) is 0 Å². The van der Waals surface area contributed by atoms with E-state index in [2.05, 4.69) is 5.10 Å². The summed E-state index contributed by atoms with van der Waals surface area (Å²) < 4.78 is 13.5. The van der Waals surface area contributed by atoms with Crippen molar-refractivity contribution in [1.29, 1.82) is 0 Å². The molecule has 0 bridgehead atoms. The number of hydrogen-bond donors (Lipinski definition) is 0. The predicted molar refractivity (Wildman–Crippen MR) is 92.2 cm³/mol. The second-order valence-electron chi connectivity index (χ2n) is 7.27. The number of thioether (sulfide) groups is 1. The van der Waals surface area contributed by atoms with Crippen molar-refractivity contribution in [2.45, 2.75) is 30.1 Å². The van der Waals surface area contributed by atoms with Crippen LogP contribution in [0.2, 0.25) is 0 Å². The van der Waals surface area contributed by atoms with Crippen LogP contribution in [0, 0.1) is 5.92 Å². The molecule has 7 heteroatoms. The van der Waals surface area contributed by atoms with Gasteiger partial charge in [-0.3, -0.25) is 9.48 Å². The maximum Gasteiger partial charge on any atom is 0.257 e. The molecule has 0 N–H and O–H groups in total. The fourth-order valence-electron chi connectivity index (χ4n) is 3.82. The van der Waals surface area contributed by atoms with E-state index in [1.807, 2.05) is 23.7 Å². The van der Waals surface area contributed by atoms with Crippen LogP contribution in [-0.4, -0.2) is 70.1 Å². The third-order valence-corrected chi connectivity index (χ3v) is 6.86. The molecule has 0 aromatic carbocycles. The number of nitrogens with zero attached hydrogens (tertiary/aromatic N) is 3. The van der Waals surface area contributed by atoms with Crippen LogP contribution < -0.4 is 0 Å². The van der Waals surface area contributed by atoms with Crippen molar-refractivity contribution in [2.24, 2.45) is 13.0 Å². The number of aryl methyl sites for hydroxylation is 1. The average molecular weight is 351 g/mol. The van der Waals surface area contributed by atoms with Crippen molar-refractivity contribution in [1.82, 2.24) is 14.7 Å². The Morgan fingerprint density at radius 2 is 2.25 bits per heavy atom. The van der Waals surface area contributed by atoms with Crippen LogP contribution in [0.3, 0.4) is 0 Å². The number of rotatable bonds is 4. The summed E-state index contributed by atoms with van der Waals surface area (Å²) in [6.45, 7) is 4.29. The van der Waals surface area contributed by atoms with Crippen LogP contribution in [-0.2, 0) is 16.5 Å². The molecule has 4 rings (SSSR count). The Kier molecular flexibility index (Phi) is 4.58. The minimum Gasteiger partial charge on any atom is -0.381 e. The number of carbonyl (C=O) groups is 1. The largest absolute Gasteiger partial charge is 0.381 e. The molecular formula is C17H25N3O3S. The van der Waals surface area contributed by atoms with Crippen LogP contribution in [0.15, 0.2) is 12.4 Å². The van der Waals surface area contributed by atoms with Crippen molar-refractivity contribution < 1.29 is 14.3 Å². The van der Waals surface area contributed by atoms with Crippen LogP contribution in [0.1, 0.15) is 29.6 Å². The maximum atomic E-state index is 12.4. The standard InChI is InChI=1S/C17H25N3O3S/c1-19-8-14(7-18-19)16(21)20-11-17(12-20)6-15(10-24-17)23-9-13-2-4-22-5-3-13/h7-8,13,15H,2-6,9-12H2,1H3/t15-/m0/s1. The summed E-state index contributed by atoms with van der Waals surface area (Å²) in [4.78, 5) is 14.3. The third kappa shape index (κ3) is 3.34. The van der Waals surface area contributed by atoms with Crippen molar-refractivity contribution in [3.8, 4) is 0 Å². The molecular weight excluding hydrogens is 326 g/mol. The highest BCUT2D eigenvalue weighted by Gasteiger charge is 2.51. The molecule has 24 heavy (non-hydrogen) atoms. The smallest absolute Gasteiger partial charge is 0.257 e. The second-order valence-corrected chi connectivity index (χ2v) is 8.76. The number of ether oxygens (including phenoxy) is 2. The predicted octanol–water partition coefficient (Wildman–Crippen LogP) is 1.56. The lowest BCUT2D eigenvalue weighted by atomic mass is 9.92. The fourth-order valence-corrected chi connectivity index (χ4v) is 5.37. The summed E-state index contributed by atoms with van der Waals surface area (Å²) in [5.74, 6) is 1.81. The van der Waals surface area contributed by atoms with Gasteiger partial charge in [-0.05, 0) is 25.2 Å². The molecule has 1 amide bonds. The monoisotopic (exact) mass is 351 g/mol. The normalized spacial score (nSPS) is 26.7. The van der Waals surface area contributed by atoms with Crippen LogP contribution in [0.4, 0.5) is 0 Å². The van der Waals surface area contributed by atoms with E-state index in [9.17, 15) is 4.79 Å². The van der Waals surface area contributed by atoms with Gasteiger partial charge in [-0.15, -0.1) is 11.8 Å². The molecule has 0 unspecified atom stereocenters. The zero-order valence-corrected chi connectivity index (χ0v) is 15.0. The number of amides is 1. The van der Waals surface area contributed by atoms with Gasteiger partial charge in [0, 0.05) is 51.9 Å². The van der Waals surface area contributed by atoms with Crippen molar-refractivity contribution in [2.75, 3.05) is 38.7 Å². The first-order chi connectivity index (χ1) is 11.6. The zero-order chi connectivity index (χ0) is 16.6. The molecule has 3 aliphatic heterocycles. The van der Waals surface area contributed by atoms with E-state index in [0.29, 0.717) is 17.6 Å². The molecule has 3 fully saturated rings. The number of hydrogen-bond acceptors (Lipinski definition) is 5. The molecule has 4 heterocycles. The Balaban J connectivity index is 1.23. The lowest BCUT2D eigenvalue weighted by molar-refractivity contribution is -0.0118. The number of carbonyl (C=O) groups excluding carboxylic acids is 1. The van der Waals surface area contributed by atoms with E-state index >= 15 is 0 Å². The SMILES string of the molecule is Cn1cc(C(=O)N2CC3(C[C@H](OCC4CCOCC4)CS3)C2)cn1. The summed E-state index contributed by atoms with van der Waals surface area (Å²) in [7, 11) is 1.83. The van der Waals surface area contributed by atoms with E-state index in [4.69, 9.17) is 9.47 Å². The summed E-state index contributed by atoms with van der Waals surface area (Å²) in [5, 5.41) is 4.08. The molecule has 3 saturated heterocycles. The first-order valence-corrected chi connectivity index (χ1v) is 9.73. The lowest BCUT2D eigenvalue weighted by Crippen LogP contribution is -2.60. The van der Waals surface area contributed by atoms with Crippen molar-refractivity contribution in [3.05, 3.63) is 18.0 Å². The Hall–Kier alpha value is -1.05. The summed E-state index contributed by atoms with van der Waals surface area (Å²) >= 11 is 1.98. The highest BCUT2D eigenvalue weighted by Crippen LogP contribution is 2.46. The lowest BCUT2D eigenvalue weighted by Gasteiger charge is -2.47. The van der Waals surface area contributed by atoms with Gasteiger partial charge >= 0.3 is 0 Å². The second kappa shape index (κ2) is 6.69. The highest BCUT2D eigenvalue weighted by molar-refractivity contribution is 8.01. The minimum atomic E-state index is 0.0981. The number of likely N-dealkylation sites (tertiary alicyclic amines) is 1. The molecule has 1 atom stereocenters. The summed E-state index contributed by atoms with van der Waals surface area (Å²) in [6.07, 6.45) is 7.09. The minimum absolute atomic E-state index is 0.0981. The molecule has 132 valence electrons. The zero-order valence-electron chi connectivity index (χ0n) is 14.1. The van der Waals surface area contributed by atoms with Crippen LogP contribution >= 0.6 is 11.8 Å². The van der Waals surface area contributed by atoms with Gasteiger partial charge < -0.3 is 14.4 Å². The van der Waals surface area contributed by atoms with E-state index in [-0.39, 0.29) is 10.7 Å². The highest BCUT2D eigenvalue weighted by atomic mass is 32.2. The molecule has 1 aromatic rings. The Morgan fingerprint density at radius 3 is 2.96 bits per heavy atom. The Labute approximate surface area is 146 Å². The van der Waals surface area contributed by atoms with Gasteiger partial charge in [0.05, 0.1) is 22.6 Å². The van der Waals surface area contributed by atoms with Gasteiger partial charge in [0.25, 0.3) is 5.91 Å². The van der Waals surface area contributed by atoms with Gasteiger partial charge in [-0.1, -0.05) is 0 Å². The third-order valence-electron chi connectivity index (χ3n) is 5.28. The van der Waals surface area contributed by atoms with Gasteiger partial charge in [-0.2, -0.15) is 5.10 Å². The van der Waals surface area contributed by atoms with E-state index < -0.39 is 0 Å².